The fourth-order valence-corrected chi connectivity index (χ4v) is 2.59. The molecule has 0 atom stereocenters. The van der Waals surface area contributed by atoms with Crippen LogP contribution in [-0.2, 0) is 0 Å². The zero-order chi connectivity index (χ0) is 14.7. The standard InChI is InChI=1S/C18H25NO/c1-12(2)16-9-15(8-14-6-7-19-11-14)10-17(13(3)4)18(16)20-5/h6-10,12-13,19H,11H2,1-5H3. The average molecular weight is 271 g/mol. The summed E-state index contributed by atoms with van der Waals surface area (Å²) in [4.78, 5) is 0. The van der Waals surface area contributed by atoms with Crippen LogP contribution in [0.3, 0.4) is 0 Å². The summed E-state index contributed by atoms with van der Waals surface area (Å²) in [7, 11) is 1.77. The summed E-state index contributed by atoms with van der Waals surface area (Å²) in [5.74, 6) is 1.97. The van der Waals surface area contributed by atoms with Crippen LogP contribution in [0.1, 0.15) is 56.2 Å². The number of hydrogen-bond donors (Lipinski definition) is 1. The number of benzene rings is 1. The van der Waals surface area contributed by atoms with Crippen molar-refractivity contribution in [2.24, 2.45) is 0 Å². The van der Waals surface area contributed by atoms with E-state index in [9.17, 15) is 0 Å². The quantitative estimate of drug-likeness (QED) is 0.874. The summed E-state index contributed by atoms with van der Waals surface area (Å²) in [5, 5.41) is 3.22. The van der Waals surface area contributed by atoms with Gasteiger partial charge in [-0.15, -0.1) is 0 Å². The molecule has 2 rings (SSSR count). The van der Waals surface area contributed by atoms with Crippen molar-refractivity contribution in [3.8, 4) is 5.75 Å². The Morgan fingerprint density at radius 1 is 1.10 bits per heavy atom. The number of nitrogens with one attached hydrogen (secondary N) is 1. The molecule has 0 fully saturated rings. The highest BCUT2D eigenvalue weighted by atomic mass is 16.5. The fourth-order valence-electron chi connectivity index (χ4n) is 2.59. The summed E-state index contributed by atoms with van der Waals surface area (Å²) in [6.07, 6.45) is 6.39. The Labute approximate surface area is 122 Å². The minimum absolute atomic E-state index is 0.457. The predicted octanol–water partition coefficient (Wildman–Crippen LogP) is 4.44. The molecular weight excluding hydrogens is 246 g/mol. The van der Waals surface area contributed by atoms with Gasteiger partial charge in [-0.25, -0.2) is 0 Å². The monoisotopic (exact) mass is 271 g/mol. The predicted molar refractivity (Wildman–Crippen MR) is 86.3 cm³/mol. The van der Waals surface area contributed by atoms with Gasteiger partial charge >= 0.3 is 0 Å². The largest absolute Gasteiger partial charge is 0.496 e. The van der Waals surface area contributed by atoms with Crippen LogP contribution >= 0.6 is 0 Å². The first-order valence-electron chi connectivity index (χ1n) is 7.35. The van der Waals surface area contributed by atoms with E-state index in [-0.39, 0.29) is 0 Å². The second-order valence-corrected chi connectivity index (χ2v) is 5.98. The third-order valence-corrected chi connectivity index (χ3v) is 3.69. The Morgan fingerprint density at radius 3 is 2.10 bits per heavy atom. The van der Waals surface area contributed by atoms with Crippen LogP contribution in [0.15, 0.2) is 30.0 Å². The van der Waals surface area contributed by atoms with Gasteiger partial charge in [0.2, 0.25) is 0 Å². The summed E-state index contributed by atoms with van der Waals surface area (Å²) in [5.41, 5.74) is 5.17. The molecule has 0 amide bonds. The molecule has 1 heterocycles. The third-order valence-electron chi connectivity index (χ3n) is 3.69. The van der Waals surface area contributed by atoms with E-state index in [1.54, 1.807) is 7.11 Å². The molecular formula is C18H25NO. The molecule has 0 spiro atoms. The van der Waals surface area contributed by atoms with Crippen LogP contribution in [0.5, 0.6) is 5.75 Å². The van der Waals surface area contributed by atoms with Crippen LogP contribution in [0.25, 0.3) is 6.08 Å². The van der Waals surface area contributed by atoms with Crippen molar-refractivity contribution in [1.29, 1.82) is 0 Å². The van der Waals surface area contributed by atoms with Gasteiger partial charge in [-0.1, -0.05) is 27.7 Å². The molecule has 1 aromatic carbocycles. The molecule has 0 aromatic heterocycles. The second kappa shape index (κ2) is 6.17. The molecule has 0 saturated heterocycles. The second-order valence-electron chi connectivity index (χ2n) is 5.98. The van der Waals surface area contributed by atoms with E-state index in [1.165, 1.54) is 22.3 Å². The van der Waals surface area contributed by atoms with E-state index in [2.05, 4.69) is 57.3 Å². The third kappa shape index (κ3) is 3.06. The molecule has 20 heavy (non-hydrogen) atoms. The molecule has 1 aromatic rings. The van der Waals surface area contributed by atoms with Crippen molar-refractivity contribution in [3.63, 3.8) is 0 Å². The topological polar surface area (TPSA) is 21.3 Å². The lowest BCUT2D eigenvalue weighted by atomic mass is 9.91. The average Bonchev–Trinajstić information content (AvgIpc) is 2.90. The molecule has 0 aliphatic carbocycles. The van der Waals surface area contributed by atoms with Gasteiger partial charge < -0.3 is 10.1 Å². The molecule has 0 bridgehead atoms. The lowest BCUT2D eigenvalue weighted by Gasteiger charge is -2.19. The Morgan fingerprint density at radius 2 is 1.70 bits per heavy atom. The normalized spacial score (nSPS) is 16.2. The Kier molecular flexibility index (Phi) is 4.53. The van der Waals surface area contributed by atoms with E-state index in [4.69, 9.17) is 4.74 Å². The van der Waals surface area contributed by atoms with Crippen LogP contribution in [0.2, 0.25) is 0 Å². The van der Waals surface area contributed by atoms with Gasteiger partial charge in [-0.3, -0.25) is 0 Å². The zero-order valence-electron chi connectivity index (χ0n) is 13.2. The van der Waals surface area contributed by atoms with Crippen LogP contribution in [0.4, 0.5) is 0 Å². The molecule has 0 radical (unpaired) electrons. The van der Waals surface area contributed by atoms with Crippen molar-refractivity contribution in [2.45, 2.75) is 39.5 Å². The number of hydrogen-bond acceptors (Lipinski definition) is 2. The molecule has 1 aliphatic rings. The van der Waals surface area contributed by atoms with E-state index >= 15 is 0 Å². The fraction of sp³-hybridized carbons (Fsp3) is 0.444. The maximum atomic E-state index is 5.68. The van der Waals surface area contributed by atoms with Crippen molar-refractivity contribution < 1.29 is 4.74 Å². The SMILES string of the molecule is COc1c(C(C)C)cc(C=C2C=CNC2)cc1C(C)C. The zero-order valence-corrected chi connectivity index (χ0v) is 13.2. The van der Waals surface area contributed by atoms with Crippen molar-refractivity contribution in [1.82, 2.24) is 5.32 Å². The van der Waals surface area contributed by atoms with Gasteiger partial charge in [0.15, 0.2) is 0 Å². The number of ether oxygens (including phenoxy) is 1. The van der Waals surface area contributed by atoms with E-state index in [0.29, 0.717) is 11.8 Å². The Balaban J connectivity index is 2.53. The Bertz CT molecular complexity index is 509. The van der Waals surface area contributed by atoms with Gasteiger partial charge in [0.1, 0.15) is 5.75 Å². The first-order valence-corrected chi connectivity index (χ1v) is 7.35. The lowest BCUT2D eigenvalue weighted by molar-refractivity contribution is 0.400. The minimum Gasteiger partial charge on any atom is -0.496 e. The highest BCUT2D eigenvalue weighted by molar-refractivity contribution is 5.62. The van der Waals surface area contributed by atoms with Crippen molar-refractivity contribution >= 4 is 6.08 Å². The minimum atomic E-state index is 0.457. The maximum Gasteiger partial charge on any atom is 0.125 e. The summed E-state index contributed by atoms with van der Waals surface area (Å²) >= 11 is 0. The Hall–Kier alpha value is -1.70. The van der Waals surface area contributed by atoms with Crippen molar-refractivity contribution in [3.05, 3.63) is 46.7 Å². The van der Waals surface area contributed by atoms with Gasteiger partial charge in [0, 0.05) is 6.54 Å². The van der Waals surface area contributed by atoms with E-state index in [1.807, 2.05) is 6.20 Å². The lowest BCUT2D eigenvalue weighted by Crippen LogP contribution is -2.03. The van der Waals surface area contributed by atoms with Gasteiger partial charge in [-0.2, -0.15) is 0 Å². The smallest absolute Gasteiger partial charge is 0.125 e. The molecule has 1 N–H and O–H groups in total. The first kappa shape index (κ1) is 14.7. The summed E-state index contributed by atoms with van der Waals surface area (Å²) < 4.78 is 5.68. The highest BCUT2D eigenvalue weighted by Crippen LogP contribution is 2.36. The highest BCUT2D eigenvalue weighted by Gasteiger charge is 2.16. The van der Waals surface area contributed by atoms with Crippen molar-refractivity contribution in [2.75, 3.05) is 13.7 Å². The van der Waals surface area contributed by atoms with E-state index in [0.717, 1.165) is 12.3 Å². The summed E-state index contributed by atoms with van der Waals surface area (Å²) in [6.45, 7) is 9.79. The molecule has 0 unspecified atom stereocenters. The van der Waals surface area contributed by atoms with Gasteiger partial charge in [0.05, 0.1) is 7.11 Å². The van der Waals surface area contributed by atoms with Crippen LogP contribution < -0.4 is 10.1 Å². The number of rotatable bonds is 4. The van der Waals surface area contributed by atoms with Crippen LogP contribution in [-0.4, -0.2) is 13.7 Å². The molecule has 0 saturated carbocycles. The molecule has 108 valence electrons. The molecule has 2 nitrogen and oxygen atoms in total. The van der Waals surface area contributed by atoms with Gasteiger partial charge in [0.25, 0.3) is 0 Å². The first-order chi connectivity index (χ1) is 9.52. The maximum absolute atomic E-state index is 5.68. The van der Waals surface area contributed by atoms with E-state index < -0.39 is 0 Å². The summed E-state index contributed by atoms with van der Waals surface area (Å²) in [6, 6.07) is 4.52. The molecule has 1 aliphatic heterocycles. The number of methoxy groups -OCH3 is 1. The molecule has 2 heteroatoms. The van der Waals surface area contributed by atoms with Crippen LogP contribution in [0, 0.1) is 0 Å². The van der Waals surface area contributed by atoms with Gasteiger partial charge in [-0.05, 0) is 64.6 Å².